The van der Waals surface area contributed by atoms with Crippen molar-refractivity contribution in [1.82, 2.24) is 10.3 Å². The third kappa shape index (κ3) is 4.87. The van der Waals surface area contributed by atoms with E-state index >= 15 is 0 Å². The molecule has 1 atom stereocenters. The lowest BCUT2D eigenvalue weighted by Crippen LogP contribution is -2.27. The fourth-order valence-electron chi connectivity index (χ4n) is 3.35. The minimum absolute atomic E-state index is 0.269. The number of halogens is 1. The van der Waals surface area contributed by atoms with E-state index in [2.05, 4.69) is 34.6 Å². The lowest BCUT2D eigenvalue weighted by molar-refractivity contribution is 0.0947. The Balaban J connectivity index is 1.57. The summed E-state index contributed by atoms with van der Waals surface area (Å²) >= 11 is 7.67. The topological polar surface area (TPSA) is 62.0 Å². The molecule has 4 nitrogen and oxygen atoms in total. The molecule has 0 radical (unpaired) electrons. The largest absolute Gasteiger partial charge is 0.350 e. The first-order valence-electron chi connectivity index (χ1n) is 9.76. The third-order valence-corrected chi connectivity index (χ3v) is 7.45. The number of carbonyl (C=O) groups excluding carboxylic acids is 1. The second-order valence-electron chi connectivity index (χ2n) is 6.95. The van der Waals surface area contributed by atoms with Crippen LogP contribution in [-0.4, -0.2) is 27.9 Å². The molecule has 1 unspecified atom stereocenters. The van der Waals surface area contributed by atoms with Gasteiger partial charge in [0, 0.05) is 32.3 Å². The van der Waals surface area contributed by atoms with Gasteiger partial charge in [-0.3, -0.25) is 4.79 Å². The summed E-state index contributed by atoms with van der Waals surface area (Å²) in [6.45, 7) is 0.486. The molecule has 0 fully saturated rings. The Labute approximate surface area is 192 Å². The number of H-pyrrole nitrogens is 1. The Morgan fingerprint density at radius 3 is 2.45 bits per heavy atom. The second kappa shape index (κ2) is 9.73. The summed E-state index contributed by atoms with van der Waals surface area (Å²) in [4.78, 5) is 18.5. The zero-order chi connectivity index (χ0) is 21.8. The highest BCUT2D eigenvalue weighted by atomic mass is 35.5. The van der Waals surface area contributed by atoms with E-state index in [9.17, 15) is 9.00 Å². The molecule has 3 aromatic carbocycles. The Morgan fingerprint density at radius 1 is 1.03 bits per heavy atom. The number of nitrogens with one attached hydrogen (secondary N) is 2. The van der Waals surface area contributed by atoms with Crippen molar-refractivity contribution in [2.75, 3.05) is 12.8 Å². The molecule has 7 heteroatoms. The van der Waals surface area contributed by atoms with E-state index in [0.29, 0.717) is 27.1 Å². The molecule has 4 rings (SSSR count). The van der Waals surface area contributed by atoms with Gasteiger partial charge in [-0.15, -0.1) is 11.8 Å². The molecule has 1 aromatic heterocycles. The van der Waals surface area contributed by atoms with Gasteiger partial charge < -0.3 is 10.3 Å². The maximum Gasteiger partial charge on any atom is 0.269 e. The first-order chi connectivity index (χ1) is 15.1. The molecular formula is C24H21ClN2O2S2. The van der Waals surface area contributed by atoms with E-state index < -0.39 is 10.8 Å². The maximum atomic E-state index is 13.4. The third-order valence-electron chi connectivity index (χ3n) is 4.96. The molecule has 0 saturated carbocycles. The van der Waals surface area contributed by atoms with E-state index in [-0.39, 0.29) is 5.91 Å². The average molecular weight is 469 g/mol. The quantitative estimate of drug-likeness (QED) is 0.343. The number of hydrogen-bond donors (Lipinski definition) is 2. The van der Waals surface area contributed by atoms with Crippen molar-refractivity contribution < 1.29 is 9.00 Å². The maximum absolute atomic E-state index is 13.4. The molecule has 0 bridgehead atoms. The van der Waals surface area contributed by atoms with Crippen molar-refractivity contribution in [1.29, 1.82) is 0 Å². The minimum Gasteiger partial charge on any atom is -0.350 e. The Morgan fingerprint density at radius 2 is 1.74 bits per heavy atom. The van der Waals surface area contributed by atoms with Crippen molar-refractivity contribution in [3.63, 3.8) is 0 Å². The zero-order valence-corrected chi connectivity index (χ0v) is 19.2. The van der Waals surface area contributed by atoms with Crippen LogP contribution in [-0.2, 0) is 17.2 Å². The highest BCUT2D eigenvalue weighted by Crippen LogP contribution is 2.29. The lowest BCUT2D eigenvalue weighted by atomic mass is 10.1. The van der Waals surface area contributed by atoms with Crippen LogP contribution in [0.3, 0.4) is 0 Å². The van der Waals surface area contributed by atoms with Gasteiger partial charge in [0.2, 0.25) is 0 Å². The number of carbonyl (C=O) groups is 1. The number of aromatic nitrogens is 1. The standard InChI is InChI=1S/C24H21ClN2O2S2/c1-30-18-10-6-16(7-11-18)14-15-26-24(28)22-23(20-4-2-3-5-21(20)27-22)31(29)19-12-8-17(25)9-13-19/h2-13,27H,14-15H2,1H3,(H,26,28). The van der Waals surface area contributed by atoms with Crippen LogP contribution in [0.4, 0.5) is 0 Å². The number of para-hydroxylation sites is 1. The molecule has 2 N–H and O–H groups in total. The van der Waals surface area contributed by atoms with E-state index in [1.54, 1.807) is 36.0 Å². The van der Waals surface area contributed by atoms with Gasteiger partial charge in [0.05, 0.1) is 15.7 Å². The molecule has 31 heavy (non-hydrogen) atoms. The summed E-state index contributed by atoms with van der Waals surface area (Å²) in [5.74, 6) is -0.269. The molecule has 0 saturated heterocycles. The van der Waals surface area contributed by atoms with Gasteiger partial charge in [0.25, 0.3) is 5.91 Å². The number of benzene rings is 3. The van der Waals surface area contributed by atoms with Gasteiger partial charge in [-0.05, 0) is 60.7 Å². The van der Waals surface area contributed by atoms with Crippen molar-refractivity contribution in [3.05, 3.63) is 89.1 Å². The number of amides is 1. The summed E-state index contributed by atoms with van der Waals surface area (Å²) in [5.41, 5.74) is 2.25. The van der Waals surface area contributed by atoms with Gasteiger partial charge in [-0.1, -0.05) is 41.9 Å². The van der Waals surface area contributed by atoms with Crippen molar-refractivity contribution in [3.8, 4) is 0 Å². The average Bonchev–Trinajstić information content (AvgIpc) is 3.19. The lowest BCUT2D eigenvalue weighted by Gasteiger charge is -2.08. The van der Waals surface area contributed by atoms with Crippen LogP contribution in [0.15, 0.2) is 87.5 Å². The predicted octanol–water partition coefficient (Wildman–Crippen LogP) is 5.68. The summed E-state index contributed by atoms with van der Waals surface area (Å²) in [5, 5.41) is 4.31. The molecule has 0 aliphatic heterocycles. The zero-order valence-electron chi connectivity index (χ0n) is 16.9. The second-order valence-corrected chi connectivity index (χ2v) is 9.68. The number of thioether (sulfide) groups is 1. The smallest absolute Gasteiger partial charge is 0.269 e. The molecule has 0 aliphatic carbocycles. The van der Waals surface area contributed by atoms with Crippen LogP contribution >= 0.6 is 23.4 Å². The SMILES string of the molecule is CSc1ccc(CCNC(=O)c2[nH]c3ccccc3c2S(=O)c2ccc(Cl)cc2)cc1. The molecule has 1 heterocycles. The van der Waals surface area contributed by atoms with Crippen LogP contribution in [0.25, 0.3) is 10.9 Å². The molecular weight excluding hydrogens is 448 g/mol. The van der Waals surface area contributed by atoms with Crippen LogP contribution < -0.4 is 5.32 Å². The molecule has 0 aliphatic rings. The normalized spacial score (nSPS) is 12.1. The number of aromatic amines is 1. The molecule has 1 amide bonds. The molecule has 0 spiro atoms. The fraction of sp³-hybridized carbons (Fsp3) is 0.125. The molecule has 158 valence electrons. The van der Waals surface area contributed by atoms with Crippen LogP contribution in [0.2, 0.25) is 5.02 Å². The Bertz CT molecular complexity index is 1230. The number of fused-ring (bicyclic) bond motifs is 1. The monoisotopic (exact) mass is 468 g/mol. The van der Waals surface area contributed by atoms with Gasteiger partial charge in [-0.2, -0.15) is 0 Å². The van der Waals surface area contributed by atoms with Crippen LogP contribution in [0.5, 0.6) is 0 Å². The van der Waals surface area contributed by atoms with E-state index in [0.717, 1.165) is 22.9 Å². The fourth-order valence-corrected chi connectivity index (χ4v) is 5.21. The van der Waals surface area contributed by atoms with Gasteiger partial charge >= 0.3 is 0 Å². The van der Waals surface area contributed by atoms with E-state index in [1.165, 1.54) is 4.90 Å². The molecule has 4 aromatic rings. The van der Waals surface area contributed by atoms with Gasteiger partial charge in [0.1, 0.15) is 5.69 Å². The predicted molar refractivity (Wildman–Crippen MR) is 129 cm³/mol. The van der Waals surface area contributed by atoms with E-state index in [4.69, 9.17) is 11.6 Å². The minimum atomic E-state index is -1.53. The van der Waals surface area contributed by atoms with Crippen molar-refractivity contribution >= 4 is 51.0 Å². The summed E-state index contributed by atoms with van der Waals surface area (Å²) < 4.78 is 13.4. The Kier molecular flexibility index (Phi) is 6.80. The first kappa shape index (κ1) is 21.7. The van der Waals surface area contributed by atoms with E-state index in [1.807, 2.05) is 30.5 Å². The van der Waals surface area contributed by atoms with Crippen molar-refractivity contribution in [2.24, 2.45) is 0 Å². The summed E-state index contributed by atoms with van der Waals surface area (Å²) in [6.07, 6.45) is 2.76. The Hall–Kier alpha value is -2.54. The highest BCUT2D eigenvalue weighted by molar-refractivity contribution is 7.98. The summed E-state index contributed by atoms with van der Waals surface area (Å²) in [6, 6.07) is 22.6. The highest BCUT2D eigenvalue weighted by Gasteiger charge is 2.23. The van der Waals surface area contributed by atoms with Crippen LogP contribution in [0.1, 0.15) is 16.1 Å². The van der Waals surface area contributed by atoms with Crippen LogP contribution in [0, 0.1) is 0 Å². The van der Waals surface area contributed by atoms with Gasteiger partial charge in [-0.25, -0.2) is 4.21 Å². The summed E-state index contributed by atoms with van der Waals surface area (Å²) in [7, 11) is -1.53. The van der Waals surface area contributed by atoms with Gasteiger partial charge in [0.15, 0.2) is 0 Å². The van der Waals surface area contributed by atoms with Crippen molar-refractivity contribution in [2.45, 2.75) is 21.1 Å². The first-order valence-corrected chi connectivity index (χ1v) is 12.5. The number of rotatable bonds is 7. The number of hydrogen-bond acceptors (Lipinski definition) is 3.